The van der Waals surface area contributed by atoms with Crippen LogP contribution in [0, 0.1) is 0 Å². The number of carbonyl (C=O) groups excluding carboxylic acids is 2. The number of carbonyl (C=O) groups is 2. The van der Waals surface area contributed by atoms with Gasteiger partial charge in [0.1, 0.15) is 5.82 Å². The Kier molecular flexibility index (Phi) is 6.35. The maximum absolute atomic E-state index is 13.0. The standard InChI is InChI=1S/C27H23F3N6O2/c1-2-24(37)35-12-9-18(15-35)20-14-22(36-21(20)8-11-33-26(36)31)16-3-5-17(6-4-16)25(38)34-23-13-19(7-10-32-23)27(28,29)30/h2-8,10-11,13-14,18H,1,9,12,15H2,(H2,31,33)(H,32,34,38). The number of likely N-dealkylation sites (tertiary alicyclic amines) is 1. The van der Waals surface area contributed by atoms with Crippen molar-refractivity contribution in [3.05, 3.63) is 90.3 Å². The van der Waals surface area contributed by atoms with Crippen LogP contribution in [0.5, 0.6) is 0 Å². The number of hydrogen-bond donors (Lipinski definition) is 2. The Hall–Kier alpha value is -4.67. The van der Waals surface area contributed by atoms with E-state index >= 15 is 0 Å². The number of benzene rings is 1. The maximum atomic E-state index is 13.0. The fourth-order valence-electron chi connectivity index (χ4n) is 4.74. The summed E-state index contributed by atoms with van der Waals surface area (Å²) in [6, 6.07) is 12.1. The maximum Gasteiger partial charge on any atom is 0.416 e. The van der Waals surface area contributed by atoms with Crippen molar-refractivity contribution in [2.24, 2.45) is 0 Å². The molecular formula is C27H23F3N6O2. The molecule has 1 aromatic carbocycles. The minimum atomic E-state index is -4.54. The van der Waals surface area contributed by atoms with Gasteiger partial charge in [-0.15, -0.1) is 0 Å². The molecule has 0 aliphatic carbocycles. The van der Waals surface area contributed by atoms with E-state index in [2.05, 4.69) is 21.9 Å². The number of fused-ring (bicyclic) bond motifs is 1. The molecule has 0 bridgehead atoms. The van der Waals surface area contributed by atoms with Crippen molar-refractivity contribution < 1.29 is 22.8 Å². The van der Waals surface area contributed by atoms with Crippen LogP contribution in [0.3, 0.4) is 0 Å². The molecule has 0 radical (unpaired) electrons. The largest absolute Gasteiger partial charge is 0.416 e. The first-order valence-electron chi connectivity index (χ1n) is 11.8. The average Bonchev–Trinajstić information content (AvgIpc) is 3.54. The number of aromatic nitrogens is 3. The number of anilines is 2. The van der Waals surface area contributed by atoms with Crippen molar-refractivity contribution in [3.8, 4) is 11.3 Å². The molecule has 1 atom stereocenters. The Bertz CT molecular complexity index is 1540. The van der Waals surface area contributed by atoms with Gasteiger partial charge in [-0.2, -0.15) is 13.2 Å². The first kappa shape index (κ1) is 25.0. The van der Waals surface area contributed by atoms with Gasteiger partial charge in [0.15, 0.2) is 0 Å². The SMILES string of the molecule is C=CC(=O)N1CCC(c2cc(-c3ccc(C(=O)Nc4cc(C(F)(F)F)ccn4)cc3)n3c(N)nccc23)C1. The number of nitrogens with one attached hydrogen (secondary N) is 1. The quantitative estimate of drug-likeness (QED) is 0.370. The summed E-state index contributed by atoms with van der Waals surface area (Å²) in [5.74, 6) is -0.502. The van der Waals surface area contributed by atoms with E-state index in [0.717, 1.165) is 47.1 Å². The van der Waals surface area contributed by atoms with Crippen LogP contribution in [-0.4, -0.2) is 44.2 Å². The molecule has 38 heavy (non-hydrogen) atoms. The van der Waals surface area contributed by atoms with Gasteiger partial charge in [0.2, 0.25) is 11.9 Å². The average molecular weight is 521 g/mol. The van der Waals surface area contributed by atoms with Crippen LogP contribution in [-0.2, 0) is 11.0 Å². The monoisotopic (exact) mass is 520 g/mol. The molecule has 1 saturated heterocycles. The summed E-state index contributed by atoms with van der Waals surface area (Å²) in [4.78, 5) is 34.5. The number of pyridine rings is 1. The molecule has 4 aromatic rings. The van der Waals surface area contributed by atoms with Gasteiger partial charge in [-0.3, -0.25) is 14.0 Å². The Morgan fingerprint density at radius 3 is 2.53 bits per heavy atom. The summed E-state index contributed by atoms with van der Waals surface area (Å²) in [7, 11) is 0. The van der Waals surface area contributed by atoms with Crippen LogP contribution >= 0.6 is 0 Å². The number of amides is 2. The van der Waals surface area contributed by atoms with Gasteiger partial charge in [-0.1, -0.05) is 18.7 Å². The van der Waals surface area contributed by atoms with Crippen molar-refractivity contribution in [3.63, 3.8) is 0 Å². The summed E-state index contributed by atoms with van der Waals surface area (Å²) in [6.45, 7) is 4.76. The molecule has 194 valence electrons. The highest BCUT2D eigenvalue weighted by Gasteiger charge is 2.31. The van der Waals surface area contributed by atoms with Crippen LogP contribution in [0.4, 0.5) is 24.9 Å². The number of halogens is 3. The fraction of sp³-hybridized carbons (Fsp3) is 0.185. The summed E-state index contributed by atoms with van der Waals surface area (Å²) < 4.78 is 40.7. The van der Waals surface area contributed by atoms with Crippen LogP contribution in [0.1, 0.15) is 33.8 Å². The van der Waals surface area contributed by atoms with Crippen molar-refractivity contribution in [1.29, 1.82) is 0 Å². The lowest BCUT2D eigenvalue weighted by molar-refractivity contribution is -0.137. The first-order chi connectivity index (χ1) is 18.2. The summed E-state index contributed by atoms with van der Waals surface area (Å²) in [6.07, 6.45) is 0.191. The summed E-state index contributed by atoms with van der Waals surface area (Å²) in [5.41, 5.74) is 9.01. The van der Waals surface area contributed by atoms with Gasteiger partial charge in [0, 0.05) is 37.0 Å². The van der Waals surface area contributed by atoms with Crippen molar-refractivity contribution in [2.45, 2.75) is 18.5 Å². The van der Waals surface area contributed by atoms with Crippen molar-refractivity contribution >= 4 is 29.1 Å². The number of hydrogen-bond acceptors (Lipinski definition) is 5. The highest BCUT2D eigenvalue weighted by atomic mass is 19.4. The Morgan fingerprint density at radius 2 is 1.82 bits per heavy atom. The molecule has 3 aromatic heterocycles. The lowest BCUT2D eigenvalue weighted by Crippen LogP contribution is -2.26. The van der Waals surface area contributed by atoms with Gasteiger partial charge < -0.3 is 16.0 Å². The smallest absolute Gasteiger partial charge is 0.369 e. The minimum absolute atomic E-state index is 0.105. The molecule has 1 fully saturated rings. The molecular weight excluding hydrogens is 497 g/mol. The van der Waals surface area contributed by atoms with Gasteiger partial charge >= 0.3 is 6.18 Å². The molecule has 0 saturated carbocycles. The number of nitrogen functional groups attached to an aromatic ring is 1. The van der Waals surface area contributed by atoms with E-state index in [9.17, 15) is 22.8 Å². The van der Waals surface area contributed by atoms with Crippen molar-refractivity contribution in [2.75, 3.05) is 24.1 Å². The first-order valence-corrected chi connectivity index (χ1v) is 11.8. The second-order valence-corrected chi connectivity index (χ2v) is 8.94. The van der Waals surface area contributed by atoms with E-state index in [4.69, 9.17) is 5.73 Å². The van der Waals surface area contributed by atoms with Crippen LogP contribution in [0.2, 0.25) is 0 Å². The fourth-order valence-corrected chi connectivity index (χ4v) is 4.74. The Balaban J connectivity index is 1.42. The minimum Gasteiger partial charge on any atom is -0.369 e. The third kappa shape index (κ3) is 4.70. The summed E-state index contributed by atoms with van der Waals surface area (Å²) in [5, 5.41) is 2.40. The van der Waals surface area contributed by atoms with Gasteiger partial charge in [-0.25, -0.2) is 9.97 Å². The Morgan fingerprint density at radius 1 is 1.08 bits per heavy atom. The van der Waals surface area contributed by atoms with Crippen LogP contribution in [0.25, 0.3) is 16.8 Å². The van der Waals surface area contributed by atoms with E-state index in [0.29, 0.717) is 19.0 Å². The predicted octanol–water partition coefficient (Wildman–Crippen LogP) is 4.75. The topological polar surface area (TPSA) is 106 Å². The van der Waals surface area contributed by atoms with E-state index in [1.165, 1.54) is 6.08 Å². The zero-order valence-corrected chi connectivity index (χ0v) is 20.1. The predicted molar refractivity (Wildman–Crippen MR) is 136 cm³/mol. The third-order valence-electron chi connectivity index (χ3n) is 6.62. The molecule has 11 heteroatoms. The zero-order valence-electron chi connectivity index (χ0n) is 20.1. The Labute approximate surface area is 215 Å². The second kappa shape index (κ2) is 9.66. The number of rotatable bonds is 5. The van der Waals surface area contributed by atoms with Gasteiger partial charge in [-0.05, 0) is 60.0 Å². The van der Waals surface area contributed by atoms with E-state index in [1.54, 1.807) is 35.4 Å². The molecule has 4 heterocycles. The lowest BCUT2D eigenvalue weighted by Gasteiger charge is -2.14. The summed E-state index contributed by atoms with van der Waals surface area (Å²) >= 11 is 0. The molecule has 8 nitrogen and oxygen atoms in total. The number of nitrogens with zero attached hydrogens (tertiary/aromatic N) is 4. The molecule has 3 N–H and O–H groups in total. The van der Waals surface area contributed by atoms with E-state index in [1.807, 2.05) is 16.5 Å². The molecule has 5 rings (SSSR count). The lowest BCUT2D eigenvalue weighted by atomic mass is 9.98. The number of nitrogens with two attached hydrogens (primary N) is 1. The molecule has 1 aliphatic rings. The zero-order chi connectivity index (χ0) is 27.0. The molecule has 0 spiro atoms. The van der Waals surface area contributed by atoms with Gasteiger partial charge in [0.25, 0.3) is 5.91 Å². The van der Waals surface area contributed by atoms with Crippen LogP contribution in [0.15, 0.2) is 73.6 Å². The second-order valence-electron chi connectivity index (χ2n) is 8.94. The highest BCUT2D eigenvalue weighted by Crippen LogP contribution is 2.36. The third-order valence-corrected chi connectivity index (χ3v) is 6.62. The van der Waals surface area contributed by atoms with Gasteiger partial charge in [0.05, 0.1) is 16.8 Å². The van der Waals surface area contributed by atoms with Crippen LogP contribution < -0.4 is 11.1 Å². The van der Waals surface area contributed by atoms with Crippen molar-refractivity contribution in [1.82, 2.24) is 19.3 Å². The normalized spacial score (nSPS) is 15.6. The van der Waals surface area contributed by atoms with E-state index < -0.39 is 17.6 Å². The van der Waals surface area contributed by atoms with E-state index in [-0.39, 0.29) is 23.2 Å². The molecule has 1 unspecified atom stereocenters. The molecule has 2 amide bonds. The molecule has 1 aliphatic heterocycles. The highest BCUT2D eigenvalue weighted by molar-refractivity contribution is 6.04. The number of alkyl halides is 3.